The van der Waals surface area contributed by atoms with Crippen molar-refractivity contribution in [3.8, 4) is 0 Å². The number of carbonyl (C=O) groups is 1. The molecular weight excluding hydrogens is 499 g/mol. The van der Waals surface area contributed by atoms with Crippen LogP contribution in [0, 0.1) is 0 Å². The minimum absolute atomic E-state index is 0.137. The summed E-state index contributed by atoms with van der Waals surface area (Å²) in [6, 6.07) is 5.73. The Kier molecular flexibility index (Phi) is 9.40. The first-order valence-corrected chi connectivity index (χ1v) is 14.1. The lowest BCUT2D eigenvalue weighted by molar-refractivity contribution is -0.137. The molecule has 0 N–H and O–H groups in total. The second-order valence-corrected chi connectivity index (χ2v) is 11.2. The fraction of sp³-hybridized carbons (Fsp3) is 0.571. The summed E-state index contributed by atoms with van der Waals surface area (Å²) in [5.74, 6) is 0.864. The molecule has 0 amide bonds. The maximum absolute atomic E-state index is 13.1. The Morgan fingerprint density at radius 3 is 2.41 bits per heavy atom. The van der Waals surface area contributed by atoms with Crippen LogP contribution in [-0.2, 0) is 15.7 Å². The van der Waals surface area contributed by atoms with E-state index >= 15 is 0 Å². The predicted octanol–water partition coefficient (Wildman–Crippen LogP) is 6.67. The van der Waals surface area contributed by atoms with Gasteiger partial charge in [-0.25, -0.2) is 0 Å². The van der Waals surface area contributed by atoms with Gasteiger partial charge in [-0.3, -0.25) is 14.7 Å². The number of halogens is 3. The van der Waals surface area contributed by atoms with Crippen LogP contribution in [0.15, 0.2) is 41.8 Å². The number of carbonyl (C=O) groups excluding carboxylic acids is 1. The Morgan fingerprint density at radius 1 is 1.03 bits per heavy atom. The fourth-order valence-electron chi connectivity index (χ4n) is 5.06. The van der Waals surface area contributed by atoms with Gasteiger partial charge in [0.1, 0.15) is 5.76 Å². The smallest absolute Gasteiger partial charge is 0.416 e. The van der Waals surface area contributed by atoms with Gasteiger partial charge < -0.3 is 9.64 Å². The van der Waals surface area contributed by atoms with Crippen LogP contribution in [0.5, 0.6) is 0 Å². The van der Waals surface area contributed by atoms with E-state index in [0.717, 1.165) is 80.1 Å². The zero-order chi connectivity index (χ0) is 26.4. The Balaban J connectivity index is 1.11. The van der Waals surface area contributed by atoms with Crippen LogP contribution in [-0.4, -0.2) is 59.6 Å². The second-order valence-electron chi connectivity index (χ2n) is 9.90. The summed E-state index contributed by atoms with van der Waals surface area (Å²) in [6.45, 7) is 9.27. The van der Waals surface area contributed by atoms with Gasteiger partial charge in [0, 0.05) is 49.0 Å². The van der Waals surface area contributed by atoms with Crippen molar-refractivity contribution in [1.82, 2.24) is 9.88 Å². The number of anilines is 1. The molecule has 1 unspecified atom stereocenters. The largest absolute Gasteiger partial charge is 0.496 e. The minimum atomic E-state index is -4.36. The molecule has 0 bridgehead atoms. The number of rotatable bonds is 11. The van der Waals surface area contributed by atoms with E-state index in [1.807, 2.05) is 19.9 Å². The predicted molar refractivity (Wildman–Crippen MR) is 144 cm³/mol. The zero-order valence-electron chi connectivity index (χ0n) is 21.6. The number of ether oxygens (including phenoxy) is 1. The molecule has 37 heavy (non-hydrogen) atoms. The molecule has 4 rings (SSSR count). The molecule has 0 saturated carbocycles. The van der Waals surface area contributed by atoms with Crippen molar-refractivity contribution < 1.29 is 22.7 Å². The molecule has 2 aliphatic rings. The van der Waals surface area contributed by atoms with Crippen LogP contribution in [0.25, 0.3) is 10.9 Å². The highest BCUT2D eigenvalue weighted by Gasteiger charge is 2.31. The first kappa shape index (κ1) is 27.8. The highest BCUT2D eigenvalue weighted by atomic mass is 32.2. The van der Waals surface area contributed by atoms with E-state index in [2.05, 4.69) is 14.8 Å². The van der Waals surface area contributed by atoms with Crippen LogP contribution in [0.4, 0.5) is 18.9 Å². The molecule has 3 heterocycles. The number of piperazine rings is 1. The number of fused-ring (bicyclic) bond motifs is 1. The monoisotopic (exact) mass is 535 g/mol. The Hall–Kier alpha value is -2.26. The highest BCUT2D eigenvalue weighted by Crippen LogP contribution is 2.35. The number of benzene rings is 1. The topological polar surface area (TPSA) is 45.7 Å². The summed E-state index contributed by atoms with van der Waals surface area (Å²) in [6.07, 6.45) is 4.21. The van der Waals surface area contributed by atoms with Crippen molar-refractivity contribution in [2.45, 2.75) is 63.8 Å². The number of alkyl halides is 3. The lowest BCUT2D eigenvalue weighted by atomic mass is 10.1. The molecule has 5 nitrogen and oxygen atoms in total. The van der Waals surface area contributed by atoms with Crippen LogP contribution in [0.3, 0.4) is 0 Å². The Labute approximate surface area is 221 Å². The van der Waals surface area contributed by atoms with Gasteiger partial charge in [-0.05, 0) is 51.4 Å². The van der Waals surface area contributed by atoms with Crippen LogP contribution < -0.4 is 4.90 Å². The van der Waals surface area contributed by atoms with Crippen molar-refractivity contribution in [2.75, 3.05) is 44.2 Å². The normalized spacial score (nSPS) is 19.3. The van der Waals surface area contributed by atoms with Crippen molar-refractivity contribution in [3.63, 3.8) is 0 Å². The number of thioether (sulfide) groups is 1. The van der Waals surface area contributed by atoms with Crippen molar-refractivity contribution >= 4 is 33.5 Å². The minimum Gasteiger partial charge on any atom is -0.496 e. The molecule has 0 aliphatic carbocycles. The first-order chi connectivity index (χ1) is 17.7. The summed E-state index contributed by atoms with van der Waals surface area (Å²) in [5.41, 5.74) is 1.45. The summed E-state index contributed by atoms with van der Waals surface area (Å²) < 4.78 is 45.0. The molecule has 202 valence electrons. The van der Waals surface area contributed by atoms with Gasteiger partial charge in [0.15, 0.2) is 0 Å². The van der Waals surface area contributed by atoms with E-state index in [1.165, 1.54) is 37.4 Å². The molecule has 2 aliphatic heterocycles. The molecule has 1 aromatic heterocycles. The van der Waals surface area contributed by atoms with Gasteiger partial charge >= 0.3 is 6.18 Å². The van der Waals surface area contributed by atoms with E-state index in [9.17, 15) is 18.0 Å². The zero-order valence-corrected chi connectivity index (χ0v) is 22.5. The van der Waals surface area contributed by atoms with Gasteiger partial charge in [0.2, 0.25) is 5.12 Å². The molecule has 2 aromatic rings. The molecule has 1 aromatic carbocycles. The van der Waals surface area contributed by atoms with E-state index in [-0.39, 0.29) is 10.4 Å². The Morgan fingerprint density at radius 2 is 1.73 bits per heavy atom. The maximum atomic E-state index is 13.1. The lowest BCUT2D eigenvalue weighted by Crippen LogP contribution is -2.46. The maximum Gasteiger partial charge on any atom is 0.416 e. The van der Waals surface area contributed by atoms with E-state index in [0.29, 0.717) is 12.1 Å². The summed E-state index contributed by atoms with van der Waals surface area (Å²) in [4.78, 5) is 20.6. The third-order valence-electron chi connectivity index (χ3n) is 7.22. The van der Waals surface area contributed by atoms with Crippen molar-refractivity contribution in [2.24, 2.45) is 0 Å². The molecule has 0 radical (unpaired) electrons. The van der Waals surface area contributed by atoms with Gasteiger partial charge in [0.05, 0.1) is 22.9 Å². The van der Waals surface area contributed by atoms with Gasteiger partial charge in [-0.1, -0.05) is 43.5 Å². The van der Waals surface area contributed by atoms with Gasteiger partial charge in [-0.2, -0.15) is 13.2 Å². The third-order valence-corrected chi connectivity index (χ3v) is 8.30. The van der Waals surface area contributed by atoms with E-state index < -0.39 is 11.7 Å². The number of hydrogen-bond donors (Lipinski definition) is 0. The lowest BCUT2D eigenvalue weighted by Gasteiger charge is -2.36. The van der Waals surface area contributed by atoms with Crippen LogP contribution in [0.2, 0.25) is 0 Å². The van der Waals surface area contributed by atoms with Crippen molar-refractivity contribution in [1.29, 1.82) is 0 Å². The van der Waals surface area contributed by atoms with Gasteiger partial charge in [0.25, 0.3) is 0 Å². The van der Waals surface area contributed by atoms with Gasteiger partial charge in [-0.15, -0.1) is 0 Å². The number of aromatic nitrogens is 1. The Bertz CT molecular complexity index is 1110. The molecular formula is C28H36F3N3O2S. The van der Waals surface area contributed by atoms with Crippen LogP contribution in [0.1, 0.15) is 57.9 Å². The quantitative estimate of drug-likeness (QED) is 0.300. The van der Waals surface area contributed by atoms with E-state index in [4.69, 9.17) is 4.74 Å². The summed E-state index contributed by atoms with van der Waals surface area (Å²) in [7, 11) is 0. The first-order valence-electron chi connectivity index (χ1n) is 13.2. The molecule has 1 fully saturated rings. The second kappa shape index (κ2) is 12.5. The SMILES string of the molecule is CC1=C(OCCCCCCCCN2CCN(c3ccnc4cc(C(F)(F)F)ccc34)CC2)C(C)SC1=O. The number of pyridine rings is 1. The number of unbranched alkanes of at least 4 members (excludes halogenated alkanes) is 5. The number of nitrogens with zero attached hydrogens (tertiary/aromatic N) is 3. The molecule has 1 saturated heterocycles. The third kappa shape index (κ3) is 7.19. The standard InChI is InChI=1S/C28H36F3N3O2S/c1-20-26(21(2)37-27(20)35)36-18-8-6-4-3-5-7-13-33-14-16-34(17-15-33)25-11-12-32-24-19-22(28(29,30)31)9-10-23(24)25/h9-12,19,21H,3-8,13-18H2,1-2H3. The molecule has 0 spiro atoms. The van der Waals surface area contributed by atoms with Crippen LogP contribution >= 0.6 is 11.8 Å². The average Bonchev–Trinajstić information content (AvgIpc) is 3.12. The highest BCUT2D eigenvalue weighted by molar-refractivity contribution is 8.15. The molecule has 9 heteroatoms. The van der Waals surface area contributed by atoms with Crippen molar-refractivity contribution in [3.05, 3.63) is 47.4 Å². The molecule has 1 atom stereocenters. The average molecular weight is 536 g/mol. The summed E-state index contributed by atoms with van der Waals surface area (Å²) >= 11 is 1.34. The summed E-state index contributed by atoms with van der Waals surface area (Å²) in [5, 5.41) is 1.05. The fourth-order valence-corrected chi connectivity index (χ4v) is 6.01. The van der Waals surface area contributed by atoms with E-state index in [1.54, 1.807) is 12.3 Å². The number of hydrogen-bond acceptors (Lipinski definition) is 6.